The van der Waals surface area contributed by atoms with E-state index in [1.54, 1.807) is 0 Å². The van der Waals surface area contributed by atoms with E-state index >= 15 is 0 Å². The van der Waals surface area contributed by atoms with Gasteiger partial charge in [0.05, 0.1) is 0 Å². The number of nitrogens with one attached hydrogen (secondary N) is 2. The van der Waals surface area contributed by atoms with Crippen LogP contribution in [0, 0.1) is 23.2 Å². The highest BCUT2D eigenvalue weighted by molar-refractivity contribution is 4.97. The molecular weight excluding hydrogens is 354 g/mol. The van der Waals surface area contributed by atoms with Crippen molar-refractivity contribution in [1.82, 2.24) is 15.5 Å². The van der Waals surface area contributed by atoms with Crippen LogP contribution in [-0.2, 0) is 0 Å². The molecule has 3 aliphatic rings. The van der Waals surface area contributed by atoms with E-state index in [9.17, 15) is 0 Å². The summed E-state index contributed by atoms with van der Waals surface area (Å²) in [5.41, 5.74) is 0.591. The van der Waals surface area contributed by atoms with E-state index < -0.39 is 0 Å². The lowest BCUT2D eigenvalue weighted by molar-refractivity contribution is 0.0593. The largest absolute Gasteiger partial charge is 0.314 e. The van der Waals surface area contributed by atoms with Crippen LogP contribution in [0.15, 0.2) is 0 Å². The summed E-state index contributed by atoms with van der Waals surface area (Å²) in [6.07, 6.45) is 11.4. The first kappa shape index (κ1) is 26.9. The number of rotatable bonds is 8. The predicted octanol–water partition coefficient (Wildman–Crippen LogP) is 5.94. The highest BCUT2D eigenvalue weighted by Crippen LogP contribution is 2.46. The second-order valence-electron chi connectivity index (χ2n) is 9.89. The van der Waals surface area contributed by atoms with Gasteiger partial charge in [0.15, 0.2) is 0 Å². The minimum atomic E-state index is 0.591. The molecule has 2 aliphatic heterocycles. The van der Waals surface area contributed by atoms with Crippen LogP contribution in [0.4, 0.5) is 0 Å². The number of piperazine rings is 1. The molecule has 0 bridgehead atoms. The third-order valence-electron chi connectivity index (χ3n) is 7.81. The lowest BCUT2D eigenvalue weighted by atomic mass is 9.66. The van der Waals surface area contributed by atoms with E-state index in [2.05, 4.69) is 50.2 Å². The van der Waals surface area contributed by atoms with Gasteiger partial charge in [-0.25, -0.2) is 0 Å². The Bertz CT molecular complexity index is 376. The van der Waals surface area contributed by atoms with Crippen molar-refractivity contribution in [2.75, 3.05) is 39.3 Å². The molecule has 2 N–H and O–H groups in total. The van der Waals surface area contributed by atoms with Crippen LogP contribution in [0.25, 0.3) is 0 Å². The van der Waals surface area contributed by atoms with E-state index in [0.717, 1.165) is 50.0 Å². The van der Waals surface area contributed by atoms with Crippen molar-refractivity contribution in [3.05, 3.63) is 0 Å². The Labute approximate surface area is 184 Å². The zero-order chi connectivity index (χ0) is 21.7. The summed E-state index contributed by atoms with van der Waals surface area (Å²) in [6, 6.07) is 0.966. The quantitative estimate of drug-likeness (QED) is 0.519. The Morgan fingerprint density at radius 1 is 0.966 bits per heavy atom. The van der Waals surface area contributed by atoms with Gasteiger partial charge in [0.2, 0.25) is 0 Å². The zero-order valence-electron chi connectivity index (χ0n) is 21.2. The molecule has 0 spiro atoms. The number of piperidine rings is 1. The van der Waals surface area contributed by atoms with Gasteiger partial charge in [0.1, 0.15) is 0 Å². The monoisotopic (exact) mass is 409 g/mol. The number of hydrogen-bond acceptors (Lipinski definition) is 3. The average molecular weight is 410 g/mol. The van der Waals surface area contributed by atoms with E-state index in [1.165, 1.54) is 64.5 Å². The fraction of sp³-hybridized carbons (Fsp3) is 1.00. The second-order valence-corrected chi connectivity index (χ2v) is 9.89. The van der Waals surface area contributed by atoms with Crippen molar-refractivity contribution in [2.45, 2.75) is 106 Å². The Morgan fingerprint density at radius 2 is 1.52 bits per heavy atom. The maximum absolute atomic E-state index is 3.22. The molecule has 2 saturated heterocycles. The molecule has 3 nitrogen and oxygen atoms in total. The van der Waals surface area contributed by atoms with Gasteiger partial charge in [-0.2, -0.15) is 0 Å². The summed E-state index contributed by atoms with van der Waals surface area (Å²) in [4.78, 5) is 2.83. The van der Waals surface area contributed by atoms with Crippen LogP contribution < -0.4 is 10.6 Å². The minimum Gasteiger partial charge on any atom is -0.314 e. The van der Waals surface area contributed by atoms with Crippen molar-refractivity contribution in [2.24, 2.45) is 23.2 Å². The van der Waals surface area contributed by atoms with Crippen molar-refractivity contribution in [1.29, 1.82) is 0 Å². The third-order valence-corrected chi connectivity index (χ3v) is 7.81. The summed E-state index contributed by atoms with van der Waals surface area (Å²) < 4.78 is 0. The Kier molecular flexibility index (Phi) is 13.7. The first-order chi connectivity index (χ1) is 14.0. The Hall–Kier alpha value is -0.120. The van der Waals surface area contributed by atoms with Gasteiger partial charge in [0, 0.05) is 32.2 Å². The first-order valence-corrected chi connectivity index (χ1v) is 13.2. The smallest absolute Gasteiger partial charge is 0.0127 e. The lowest BCUT2D eigenvalue weighted by Gasteiger charge is -2.44. The van der Waals surface area contributed by atoms with E-state index in [1.807, 2.05) is 13.8 Å². The van der Waals surface area contributed by atoms with Gasteiger partial charge in [0.25, 0.3) is 0 Å². The van der Waals surface area contributed by atoms with Crippen molar-refractivity contribution < 1.29 is 0 Å². The van der Waals surface area contributed by atoms with Gasteiger partial charge in [-0.1, -0.05) is 67.7 Å². The Morgan fingerprint density at radius 3 is 1.93 bits per heavy atom. The van der Waals surface area contributed by atoms with Crippen molar-refractivity contribution >= 4 is 0 Å². The highest BCUT2D eigenvalue weighted by Gasteiger charge is 2.43. The van der Waals surface area contributed by atoms with Crippen LogP contribution in [-0.4, -0.2) is 50.2 Å². The normalized spacial score (nSPS) is 28.2. The van der Waals surface area contributed by atoms with Gasteiger partial charge in [-0.3, -0.25) is 0 Å². The van der Waals surface area contributed by atoms with E-state index in [0.29, 0.717) is 5.41 Å². The van der Waals surface area contributed by atoms with Gasteiger partial charge >= 0.3 is 0 Å². The van der Waals surface area contributed by atoms with Crippen LogP contribution in [0.2, 0.25) is 0 Å². The molecular formula is C26H55N3. The summed E-state index contributed by atoms with van der Waals surface area (Å²) in [5, 5.41) is 6.44. The van der Waals surface area contributed by atoms with Gasteiger partial charge < -0.3 is 15.5 Å². The molecule has 2 heterocycles. The summed E-state index contributed by atoms with van der Waals surface area (Å²) in [7, 11) is 0. The molecule has 174 valence electrons. The summed E-state index contributed by atoms with van der Waals surface area (Å²) >= 11 is 0. The standard InChI is InChI=1S/C20H39N.C4H10N2.C2H6/c1-6-9-17-14-19(17)21-12-10-18(11-13-21)20(5,8-3)15-16(4)7-2;1-2-6-4-3-5-1;1-2/h16-19H,6-15H2,1-5H3;5-6H,1-4H2;1-2H3. The summed E-state index contributed by atoms with van der Waals surface area (Å²) in [6.45, 7) is 23.5. The number of likely N-dealkylation sites (tertiary alicyclic amines) is 1. The minimum absolute atomic E-state index is 0.591. The van der Waals surface area contributed by atoms with Crippen LogP contribution in [0.5, 0.6) is 0 Å². The molecule has 0 aromatic rings. The third kappa shape index (κ3) is 9.27. The molecule has 4 unspecified atom stereocenters. The molecule has 0 aromatic carbocycles. The van der Waals surface area contributed by atoms with Crippen LogP contribution >= 0.6 is 0 Å². The molecule has 0 radical (unpaired) electrons. The SMILES string of the molecule is C1CNCCN1.CC.CCCC1CC1N1CCC(C(C)(CC)CC(C)CC)CC1. The molecule has 0 amide bonds. The molecule has 1 aliphatic carbocycles. The maximum atomic E-state index is 3.22. The number of hydrogen-bond donors (Lipinski definition) is 2. The molecule has 3 rings (SSSR count). The molecule has 4 atom stereocenters. The zero-order valence-corrected chi connectivity index (χ0v) is 21.2. The molecule has 1 saturated carbocycles. The fourth-order valence-corrected chi connectivity index (χ4v) is 5.43. The summed E-state index contributed by atoms with van der Waals surface area (Å²) in [5.74, 6) is 2.91. The van der Waals surface area contributed by atoms with Crippen LogP contribution in [0.1, 0.15) is 99.8 Å². The lowest BCUT2D eigenvalue weighted by Crippen LogP contribution is -2.41. The van der Waals surface area contributed by atoms with Crippen molar-refractivity contribution in [3.8, 4) is 0 Å². The van der Waals surface area contributed by atoms with Crippen molar-refractivity contribution in [3.63, 3.8) is 0 Å². The molecule has 3 heteroatoms. The maximum Gasteiger partial charge on any atom is 0.0127 e. The number of nitrogens with zero attached hydrogens (tertiary/aromatic N) is 1. The Balaban J connectivity index is 0.000000442. The first-order valence-electron chi connectivity index (χ1n) is 13.2. The molecule has 0 aromatic heterocycles. The molecule has 29 heavy (non-hydrogen) atoms. The topological polar surface area (TPSA) is 27.3 Å². The molecule has 3 fully saturated rings. The van der Waals surface area contributed by atoms with Crippen LogP contribution in [0.3, 0.4) is 0 Å². The fourth-order valence-electron chi connectivity index (χ4n) is 5.43. The van der Waals surface area contributed by atoms with E-state index in [4.69, 9.17) is 0 Å². The van der Waals surface area contributed by atoms with Gasteiger partial charge in [-0.15, -0.1) is 0 Å². The highest BCUT2D eigenvalue weighted by atomic mass is 15.2. The average Bonchev–Trinajstić information content (AvgIpc) is 3.56. The predicted molar refractivity (Wildman–Crippen MR) is 131 cm³/mol. The van der Waals surface area contributed by atoms with E-state index in [-0.39, 0.29) is 0 Å². The van der Waals surface area contributed by atoms with Gasteiger partial charge in [-0.05, 0) is 68.4 Å². The second kappa shape index (κ2) is 14.8.